The van der Waals surface area contributed by atoms with E-state index >= 15 is 0 Å². The lowest BCUT2D eigenvalue weighted by Crippen LogP contribution is -2.20. The molecule has 3 heteroatoms. The first-order valence-corrected chi connectivity index (χ1v) is 10.5. The van der Waals surface area contributed by atoms with Crippen LogP contribution in [0.2, 0.25) is 0 Å². The lowest BCUT2D eigenvalue weighted by Gasteiger charge is -2.34. The Morgan fingerprint density at radius 2 is 1.82 bits per heavy atom. The fourth-order valence-corrected chi connectivity index (χ4v) is 4.12. The van der Waals surface area contributed by atoms with E-state index in [0.717, 1.165) is 18.6 Å². The van der Waals surface area contributed by atoms with E-state index in [1.165, 1.54) is 36.8 Å². The van der Waals surface area contributed by atoms with Gasteiger partial charge in [-0.15, -0.1) is 0 Å². The molecule has 28 heavy (non-hydrogen) atoms. The smallest absolute Gasteiger partial charge is 0.160 e. The van der Waals surface area contributed by atoms with Gasteiger partial charge in [0.15, 0.2) is 6.29 Å². The van der Waals surface area contributed by atoms with Gasteiger partial charge in [-0.3, -0.25) is 0 Å². The second-order valence-electron chi connectivity index (χ2n) is 8.62. The molecule has 0 aromatic heterocycles. The Hall–Kier alpha value is -1.58. The van der Waals surface area contributed by atoms with Crippen LogP contribution in [0.25, 0.3) is 0 Å². The molecule has 0 unspecified atom stereocenters. The molecule has 0 saturated heterocycles. The first kappa shape index (κ1) is 22.7. The molecule has 156 valence electrons. The van der Waals surface area contributed by atoms with Crippen LogP contribution < -0.4 is 4.74 Å². The fraction of sp³-hybridized carbons (Fsp3) is 0.600. The van der Waals surface area contributed by atoms with Crippen LogP contribution in [0.15, 0.2) is 47.1 Å². The minimum absolute atomic E-state index is 0.204. The molecule has 0 heterocycles. The van der Waals surface area contributed by atoms with E-state index in [1.54, 1.807) is 25.4 Å². The standard InChI is InChI=1S/C25H38O3/c1-19(9-7-11-23-20(2)10-8-16-25(23,3)4)18-28-22-14-12-21(13-15-22)17-24(26-5)27-6/h9,12-15,24H,7-8,10-11,16-18H2,1-6H3/b19-9+. The SMILES string of the molecule is COC(Cc1ccc(OC/C(C)=C/CCC2=C(C)CCCC2(C)C)cc1)OC. The highest BCUT2D eigenvalue weighted by Gasteiger charge is 2.27. The van der Waals surface area contributed by atoms with Gasteiger partial charge in [-0.05, 0) is 74.6 Å². The lowest BCUT2D eigenvalue weighted by atomic mass is 9.71. The van der Waals surface area contributed by atoms with E-state index < -0.39 is 0 Å². The van der Waals surface area contributed by atoms with Crippen LogP contribution in [-0.2, 0) is 15.9 Å². The molecule has 0 atom stereocenters. The van der Waals surface area contributed by atoms with Gasteiger partial charge < -0.3 is 14.2 Å². The molecule has 0 amide bonds. The van der Waals surface area contributed by atoms with E-state index in [-0.39, 0.29) is 6.29 Å². The molecular formula is C25H38O3. The zero-order valence-electron chi connectivity index (χ0n) is 18.6. The molecule has 1 aliphatic rings. The third kappa shape index (κ3) is 6.79. The fourth-order valence-electron chi connectivity index (χ4n) is 4.12. The van der Waals surface area contributed by atoms with Crippen molar-refractivity contribution < 1.29 is 14.2 Å². The van der Waals surface area contributed by atoms with E-state index in [0.29, 0.717) is 12.0 Å². The summed E-state index contributed by atoms with van der Waals surface area (Å²) in [6, 6.07) is 8.17. The van der Waals surface area contributed by atoms with Crippen molar-refractivity contribution in [3.05, 3.63) is 52.6 Å². The van der Waals surface area contributed by atoms with Crippen molar-refractivity contribution in [2.24, 2.45) is 5.41 Å². The summed E-state index contributed by atoms with van der Waals surface area (Å²) in [6.45, 7) is 9.91. The van der Waals surface area contributed by atoms with Crippen molar-refractivity contribution in [1.82, 2.24) is 0 Å². The van der Waals surface area contributed by atoms with Crippen LogP contribution in [0.3, 0.4) is 0 Å². The minimum Gasteiger partial charge on any atom is -0.489 e. The minimum atomic E-state index is -0.204. The van der Waals surface area contributed by atoms with Gasteiger partial charge in [-0.1, -0.05) is 43.2 Å². The predicted octanol–water partition coefficient (Wildman–Crippen LogP) is 6.48. The van der Waals surface area contributed by atoms with Crippen LogP contribution in [0, 0.1) is 5.41 Å². The summed E-state index contributed by atoms with van der Waals surface area (Å²) in [5, 5.41) is 0. The summed E-state index contributed by atoms with van der Waals surface area (Å²) in [7, 11) is 3.32. The number of methoxy groups -OCH3 is 2. The summed E-state index contributed by atoms with van der Waals surface area (Å²) in [5.41, 5.74) is 6.11. The molecule has 0 saturated carbocycles. The van der Waals surface area contributed by atoms with Gasteiger partial charge in [0.1, 0.15) is 12.4 Å². The summed E-state index contributed by atoms with van der Waals surface area (Å²) in [5.74, 6) is 0.898. The topological polar surface area (TPSA) is 27.7 Å². The number of hydrogen-bond acceptors (Lipinski definition) is 3. The van der Waals surface area contributed by atoms with Gasteiger partial charge in [-0.2, -0.15) is 0 Å². The van der Waals surface area contributed by atoms with Crippen LogP contribution in [0.4, 0.5) is 0 Å². The highest BCUT2D eigenvalue weighted by atomic mass is 16.7. The van der Waals surface area contributed by atoms with Gasteiger partial charge in [0, 0.05) is 20.6 Å². The predicted molar refractivity (Wildman–Crippen MR) is 117 cm³/mol. The van der Waals surface area contributed by atoms with Crippen LogP contribution >= 0.6 is 0 Å². The van der Waals surface area contributed by atoms with Crippen LogP contribution in [-0.4, -0.2) is 27.1 Å². The van der Waals surface area contributed by atoms with Gasteiger partial charge in [0.05, 0.1) is 0 Å². The average Bonchev–Trinajstić information content (AvgIpc) is 2.67. The lowest BCUT2D eigenvalue weighted by molar-refractivity contribution is -0.100. The van der Waals surface area contributed by atoms with E-state index in [1.807, 2.05) is 12.1 Å². The molecular weight excluding hydrogens is 348 g/mol. The summed E-state index contributed by atoms with van der Waals surface area (Å²) >= 11 is 0. The second-order valence-corrected chi connectivity index (χ2v) is 8.62. The molecule has 1 aromatic rings. The van der Waals surface area contributed by atoms with E-state index in [9.17, 15) is 0 Å². The van der Waals surface area contributed by atoms with Gasteiger partial charge in [0.2, 0.25) is 0 Å². The van der Waals surface area contributed by atoms with Crippen molar-refractivity contribution in [2.75, 3.05) is 20.8 Å². The number of hydrogen-bond donors (Lipinski definition) is 0. The maximum atomic E-state index is 5.94. The van der Waals surface area contributed by atoms with Gasteiger partial charge in [0.25, 0.3) is 0 Å². The first-order valence-electron chi connectivity index (χ1n) is 10.5. The Kier molecular flexibility index (Phi) is 8.78. The molecule has 0 fully saturated rings. The summed E-state index contributed by atoms with van der Waals surface area (Å²) < 4.78 is 16.4. The van der Waals surface area contributed by atoms with Crippen molar-refractivity contribution in [3.63, 3.8) is 0 Å². The molecule has 3 nitrogen and oxygen atoms in total. The monoisotopic (exact) mass is 386 g/mol. The summed E-state index contributed by atoms with van der Waals surface area (Å²) in [4.78, 5) is 0. The third-order valence-electron chi connectivity index (χ3n) is 5.89. The van der Waals surface area contributed by atoms with E-state index in [2.05, 4.69) is 45.9 Å². The highest BCUT2D eigenvalue weighted by Crippen LogP contribution is 2.42. The molecule has 0 N–H and O–H groups in total. The Morgan fingerprint density at radius 3 is 2.43 bits per heavy atom. The molecule has 2 rings (SSSR count). The van der Waals surface area contributed by atoms with Gasteiger partial charge in [-0.25, -0.2) is 0 Å². The van der Waals surface area contributed by atoms with Crippen molar-refractivity contribution >= 4 is 0 Å². The van der Waals surface area contributed by atoms with Crippen molar-refractivity contribution in [2.45, 2.75) is 72.5 Å². The number of ether oxygens (including phenoxy) is 3. The van der Waals surface area contributed by atoms with Crippen molar-refractivity contribution in [1.29, 1.82) is 0 Å². The number of rotatable bonds is 10. The van der Waals surface area contributed by atoms with Crippen LogP contribution in [0.1, 0.15) is 65.4 Å². The maximum absolute atomic E-state index is 5.94. The van der Waals surface area contributed by atoms with E-state index in [4.69, 9.17) is 14.2 Å². The molecule has 0 radical (unpaired) electrons. The van der Waals surface area contributed by atoms with Gasteiger partial charge >= 0.3 is 0 Å². The molecule has 0 aliphatic heterocycles. The summed E-state index contributed by atoms with van der Waals surface area (Å²) in [6.07, 6.45) is 9.06. The second kappa shape index (κ2) is 10.8. The molecule has 0 bridgehead atoms. The Labute approximate surface area is 171 Å². The molecule has 1 aliphatic carbocycles. The Bertz CT molecular complexity index is 664. The normalized spacial score (nSPS) is 17.3. The first-order chi connectivity index (χ1) is 13.4. The largest absolute Gasteiger partial charge is 0.489 e. The highest BCUT2D eigenvalue weighted by molar-refractivity contribution is 5.28. The average molecular weight is 387 g/mol. The number of allylic oxidation sites excluding steroid dienone is 3. The Morgan fingerprint density at radius 1 is 1.14 bits per heavy atom. The van der Waals surface area contributed by atoms with Crippen molar-refractivity contribution in [3.8, 4) is 5.75 Å². The zero-order valence-corrected chi connectivity index (χ0v) is 18.6. The quantitative estimate of drug-likeness (QED) is 0.340. The molecule has 1 aromatic carbocycles. The zero-order chi connectivity index (χ0) is 20.6. The maximum Gasteiger partial charge on any atom is 0.160 e. The number of benzene rings is 1. The molecule has 0 spiro atoms. The van der Waals surface area contributed by atoms with Crippen LogP contribution in [0.5, 0.6) is 5.75 Å². The Balaban J connectivity index is 1.81. The third-order valence-corrected chi connectivity index (χ3v) is 5.89.